The molecule has 0 bridgehead atoms. The van der Waals surface area contributed by atoms with E-state index in [4.69, 9.17) is 23.8 Å². The lowest BCUT2D eigenvalue weighted by Crippen LogP contribution is -2.00. The fourth-order valence-electron chi connectivity index (χ4n) is 8.28. The number of furan rings is 2. The van der Waals surface area contributed by atoms with Crippen LogP contribution in [0, 0.1) is 0 Å². The molecule has 5 nitrogen and oxygen atoms in total. The number of fused-ring (bicyclic) bond motifs is 9. The van der Waals surface area contributed by atoms with Crippen molar-refractivity contribution in [3.63, 3.8) is 0 Å². The molecule has 12 rings (SSSR count). The fourth-order valence-corrected chi connectivity index (χ4v) is 9.48. The molecule has 0 saturated heterocycles. The first kappa shape index (κ1) is 31.9. The Balaban J connectivity index is 1.07. The van der Waals surface area contributed by atoms with Crippen LogP contribution in [0.1, 0.15) is 0 Å². The van der Waals surface area contributed by atoms with Gasteiger partial charge in [0.15, 0.2) is 17.5 Å². The van der Waals surface area contributed by atoms with Gasteiger partial charge >= 0.3 is 0 Å². The van der Waals surface area contributed by atoms with Crippen molar-refractivity contribution in [1.29, 1.82) is 0 Å². The van der Waals surface area contributed by atoms with E-state index in [0.717, 1.165) is 92.9 Å². The number of hydrogen-bond acceptors (Lipinski definition) is 6. The summed E-state index contributed by atoms with van der Waals surface area (Å²) in [6, 6.07) is 60.9. The molecule has 0 radical (unpaired) electrons. The van der Waals surface area contributed by atoms with Crippen LogP contribution in [-0.2, 0) is 0 Å². The first-order chi connectivity index (χ1) is 28.2. The zero-order chi connectivity index (χ0) is 37.5. The Morgan fingerprint density at radius 2 is 0.947 bits per heavy atom. The molecule has 6 heteroatoms. The summed E-state index contributed by atoms with van der Waals surface area (Å²) in [6.45, 7) is 0. The van der Waals surface area contributed by atoms with Crippen molar-refractivity contribution in [1.82, 2.24) is 15.0 Å². The molecule has 0 spiro atoms. The summed E-state index contributed by atoms with van der Waals surface area (Å²) >= 11 is 1.77. The monoisotopic (exact) mass is 747 g/mol. The number of thiophene rings is 1. The van der Waals surface area contributed by atoms with Crippen LogP contribution < -0.4 is 0 Å². The lowest BCUT2D eigenvalue weighted by molar-refractivity contribution is 0.669. The summed E-state index contributed by atoms with van der Waals surface area (Å²) in [4.78, 5) is 15.1. The van der Waals surface area contributed by atoms with Crippen molar-refractivity contribution in [2.24, 2.45) is 0 Å². The average Bonchev–Trinajstić information content (AvgIpc) is 3.98. The van der Waals surface area contributed by atoms with Gasteiger partial charge in [-0.25, -0.2) is 15.0 Å². The number of rotatable bonds is 5. The minimum Gasteiger partial charge on any atom is -0.456 e. The molecule has 0 aliphatic carbocycles. The molecule has 0 aliphatic rings. The number of para-hydroxylation sites is 2. The third-order valence-corrected chi connectivity index (χ3v) is 12.2. The van der Waals surface area contributed by atoms with Crippen molar-refractivity contribution in [3.8, 4) is 56.4 Å². The van der Waals surface area contributed by atoms with Crippen LogP contribution in [0.5, 0.6) is 0 Å². The average molecular weight is 748 g/mol. The maximum absolute atomic E-state index is 6.69. The Morgan fingerprint density at radius 1 is 0.351 bits per heavy atom. The van der Waals surface area contributed by atoms with Crippen molar-refractivity contribution < 1.29 is 8.83 Å². The Hall–Kier alpha value is -7.41. The Kier molecular flexibility index (Phi) is 7.03. The van der Waals surface area contributed by atoms with E-state index in [-0.39, 0.29) is 0 Å². The maximum atomic E-state index is 6.69. The second-order valence-electron chi connectivity index (χ2n) is 14.3. The molecule has 0 unspecified atom stereocenters. The molecule has 0 atom stereocenters. The number of benzene rings is 8. The number of nitrogens with zero attached hydrogens (tertiary/aromatic N) is 3. The SMILES string of the molecule is c1ccc(-c2nc(-c3ccccc3)nc(-c3cccc4c3sc3ccc(-c5cc(-c6cccc7oc8ccccc8c67)cc6c5oc5ccccc56)cc34)n2)cc1. The van der Waals surface area contributed by atoms with Gasteiger partial charge in [0.05, 0.1) is 0 Å². The molecule has 0 N–H and O–H groups in total. The quantitative estimate of drug-likeness (QED) is 0.175. The molecule has 8 aromatic carbocycles. The topological polar surface area (TPSA) is 65.0 Å². The first-order valence-electron chi connectivity index (χ1n) is 18.9. The van der Waals surface area contributed by atoms with Crippen LogP contribution in [0.2, 0.25) is 0 Å². The van der Waals surface area contributed by atoms with Gasteiger partial charge in [-0.1, -0.05) is 127 Å². The minimum atomic E-state index is 0.647. The van der Waals surface area contributed by atoms with Crippen molar-refractivity contribution >= 4 is 75.4 Å². The van der Waals surface area contributed by atoms with E-state index in [1.807, 2.05) is 84.9 Å². The van der Waals surface area contributed by atoms with Gasteiger partial charge in [0.1, 0.15) is 22.3 Å². The smallest absolute Gasteiger partial charge is 0.165 e. The lowest BCUT2D eigenvalue weighted by atomic mass is 9.93. The van der Waals surface area contributed by atoms with Crippen LogP contribution in [0.3, 0.4) is 0 Å². The van der Waals surface area contributed by atoms with Crippen molar-refractivity contribution in [2.75, 3.05) is 0 Å². The zero-order valence-corrected chi connectivity index (χ0v) is 31.1. The molecule has 12 aromatic rings. The zero-order valence-electron chi connectivity index (χ0n) is 30.3. The van der Waals surface area contributed by atoms with E-state index in [2.05, 4.69) is 91.0 Å². The normalized spacial score (nSPS) is 11.9. The summed E-state index contributed by atoms with van der Waals surface area (Å²) < 4.78 is 15.3. The molecule has 57 heavy (non-hydrogen) atoms. The third kappa shape index (κ3) is 5.12. The molecular weight excluding hydrogens is 719 g/mol. The summed E-state index contributed by atoms with van der Waals surface area (Å²) in [5, 5.41) is 6.72. The minimum absolute atomic E-state index is 0.647. The highest BCUT2D eigenvalue weighted by atomic mass is 32.1. The van der Waals surface area contributed by atoms with Crippen LogP contribution in [0.4, 0.5) is 0 Å². The second kappa shape index (κ2) is 12.6. The summed E-state index contributed by atoms with van der Waals surface area (Å²) in [7, 11) is 0. The van der Waals surface area contributed by atoms with Gasteiger partial charge in [-0.3, -0.25) is 0 Å². The molecule has 4 aromatic heterocycles. The molecule has 4 heterocycles. The Morgan fingerprint density at radius 3 is 1.72 bits per heavy atom. The van der Waals surface area contributed by atoms with Crippen LogP contribution in [0.15, 0.2) is 185 Å². The molecule has 0 fully saturated rings. The van der Waals surface area contributed by atoms with Crippen molar-refractivity contribution in [2.45, 2.75) is 0 Å². The van der Waals surface area contributed by atoms with Gasteiger partial charge < -0.3 is 8.83 Å². The fraction of sp³-hybridized carbons (Fsp3) is 0. The molecule has 0 aliphatic heterocycles. The molecule has 0 saturated carbocycles. The predicted molar refractivity (Wildman–Crippen MR) is 234 cm³/mol. The predicted octanol–water partition coefficient (Wildman–Crippen LogP) is 14.4. The van der Waals surface area contributed by atoms with Crippen LogP contribution in [-0.4, -0.2) is 15.0 Å². The van der Waals surface area contributed by atoms with Gasteiger partial charge in [0, 0.05) is 64.0 Å². The number of aromatic nitrogens is 3. The second-order valence-corrected chi connectivity index (χ2v) is 15.4. The van der Waals surface area contributed by atoms with Crippen LogP contribution >= 0.6 is 11.3 Å². The van der Waals surface area contributed by atoms with Gasteiger partial charge in [-0.05, 0) is 65.2 Å². The Labute approximate surface area is 330 Å². The van der Waals surface area contributed by atoms with E-state index in [1.54, 1.807) is 11.3 Å². The molecule has 0 amide bonds. The number of hydrogen-bond donors (Lipinski definition) is 0. The molecular formula is C51H29N3O2S. The standard InChI is InChI=1S/C51H29N3O2S/c1-3-13-30(14-4-1)49-52-50(31-15-5-2-6-16-31)54-51(53-49)38-21-11-20-36-40-27-32(25-26-45(40)57-48(36)38)39-28-33(29-41-35-17-7-9-22-42(35)56-47(39)41)34-19-12-24-44-46(34)37-18-8-10-23-43(37)55-44/h1-29H. The van der Waals surface area contributed by atoms with Gasteiger partial charge in [-0.15, -0.1) is 11.3 Å². The van der Waals surface area contributed by atoms with E-state index < -0.39 is 0 Å². The highest BCUT2D eigenvalue weighted by Crippen LogP contribution is 2.45. The summed E-state index contributed by atoms with van der Waals surface area (Å²) in [6.07, 6.45) is 0. The van der Waals surface area contributed by atoms with E-state index >= 15 is 0 Å². The summed E-state index contributed by atoms with van der Waals surface area (Å²) in [5.41, 5.74) is 10.7. The highest BCUT2D eigenvalue weighted by Gasteiger charge is 2.21. The highest BCUT2D eigenvalue weighted by molar-refractivity contribution is 7.26. The van der Waals surface area contributed by atoms with Gasteiger partial charge in [0.25, 0.3) is 0 Å². The lowest BCUT2D eigenvalue weighted by Gasteiger charge is -2.10. The van der Waals surface area contributed by atoms with Crippen LogP contribution in [0.25, 0.3) is 120 Å². The third-order valence-electron chi connectivity index (χ3n) is 10.9. The summed E-state index contributed by atoms with van der Waals surface area (Å²) in [5.74, 6) is 1.94. The van der Waals surface area contributed by atoms with Gasteiger partial charge in [0.2, 0.25) is 0 Å². The van der Waals surface area contributed by atoms with E-state index in [1.165, 1.54) is 10.1 Å². The van der Waals surface area contributed by atoms with Crippen molar-refractivity contribution in [3.05, 3.63) is 176 Å². The maximum Gasteiger partial charge on any atom is 0.165 e. The van der Waals surface area contributed by atoms with E-state index in [9.17, 15) is 0 Å². The Bertz CT molecular complexity index is 3470. The largest absolute Gasteiger partial charge is 0.456 e. The molecule has 266 valence electrons. The first-order valence-corrected chi connectivity index (χ1v) is 19.7. The van der Waals surface area contributed by atoms with E-state index in [0.29, 0.717) is 17.5 Å². The van der Waals surface area contributed by atoms with Gasteiger partial charge in [-0.2, -0.15) is 0 Å².